The third-order valence-electron chi connectivity index (χ3n) is 3.60. The lowest BCUT2D eigenvalue weighted by Crippen LogP contribution is -2.40. The van der Waals surface area contributed by atoms with E-state index < -0.39 is 0 Å². The van der Waals surface area contributed by atoms with E-state index in [1.165, 1.54) is 4.90 Å². The summed E-state index contributed by atoms with van der Waals surface area (Å²) in [6, 6.07) is 7.69. The number of hydrogen-bond acceptors (Lipinski definition) is 3. The first-order chi connectivity index (χ1) is 11.5. The highest BCUT2D eigenvalue weighted by molar-refractivity contribution is 9.10. The van der Waals surface area contributed by atoms with Crippen molar-refractivity contribution in [3.8, 4) is 0 Å². The van der Waals surface area contributed by atoms with Crippen molar-refractivity contribution in [1.82, 2.24) is 20.9 Å². The molecular weight excluding hydrogens is 374 g/mol. The minimum Gasteiger partial charge on any atom is -0.357 e. The number of carbonyl (C=O) groups is 2. The summed E-state index contributed by atoms with van der Waals surface area (Å²) in [6.45, 7) is 5.43. The topological polar surface area (TPSA) is 85.8 Å². The molecule has 1 atom stereocenters. The fraction of sp³-hybridized carbons (Fsp3) is 0.438. The van der Waals surface area contributed by atoms with Gasteiger partial charge in [0.05, 0.1) is 25.7 Å². The Morgan fingerprint density at radius 3 is 2.79 bits per heavy atom. The maximum absolute atomic E-state index is 11.5. The zero-order chi connectivity index (χ0) is 17.5. The van der Waals surface area contributed by atoms with Gasteiger partial charge in [-0.15, -0.1) is 0 Å². The smallest absolute Gasteiger partial charge is 0.324 e. The number of guanidine groups is 1. The molecule has 1 fully saturated rings. The number of imide groups is 1. The molecule has 3 N–H and O–H groups in total. The van der Waals surface area contributed by atoms with E-state index in [9.17, 15) is 9.59 Å². The number of amides is 3. The molecule has 0 saturated carbocycles. The number of carbonyl (C=O) groups excluding carboxylic acids is 2. The van der Waals surface area contributed by atoms with Crippen LogP contribution in [0.5, 0.6) is 0 Å². The molecule has 1 saturated heterocycles. The number of aliphatic imine (C=N–C) groups is 1. The number of benzene rings is 1. The number of halogens is 1. The van der Waals surface area contributed by atoms with E-state index in [0.717, 1.165) is 16.6 Å². The lowest BCUT2D eigenvalue weighted by atomic mass is 10.1. The molecule has 2 rings (SSSR count). The van der Waals surface area contributed by atoms with Gasteiger partial charge in [-0.25, -0.2) is 4.79 Å². The van der Waals surface area contributed by atoms with Gasteiger partial charge in [-0.1, -0.05) is 34.1 Å². The summed E-state index contributed by atoms with van der Waals surface area (Å²) in [5, 5.41) is 8.99. The second-order valence-corrected chi connectivity index (χ2v) is 6.21. The van der Waals surface area contributed by atoms with Gasteiger partial charge in [0.1, 0.15) is 0 Å². The molecule has 0 bridgehead atoms. The number of nitrogens with zero attached hydrogens (tertiary/aromatic N) is 2. The Bertz CT molecular complexity index is 619. The second kappa shape index (κ2) is 8.68. The average Bonchev–Trinajstić information content (AvgIpc) is 2.87. The van der Waals surface area contributed by atoms with E-state index in [1.807, 2.05) is 38.1 Å². The van der Waals surface area contributed by atoms with Gasteiger partial charge in [-0.05, 0) is 25.5 Å². The van der Waals surface area contributed by atoms with Gasteiger partial charge in [-0.3, -0.25) is 14.7 Å². The summed E-state index contributed by atoms with van der Waals surface area (Å²) >= 11 is 3.55. The van der Waals surface area contributed by atoms with Crippen LogP contribution in [-0.2, 0) is 4.79 Å². The molecular formula is C16H22BrN5O2. The van der Waals surface area contributed by atoms with Crippen molar-refractivity contribution in [3.05, 3.63) is 34.3 Å². The van der Waals surface area contributed by atoms with Crippen LogP contribution in [0.4, 0.5) is 4.79 Å². The second-order valence-electron chi connectivity index (χ2n) is 5.35. The molecule has 24 heavy (non-hydrogen) atoms. The van der Waals surface area contributed by atoms with Crippen LogP contribution in [0, 0.1) is 0 Å². The largest absolute Gasteiger partial charge is 0.357 e. The van der Waals surface area contributed by atoms with Crippen molar-refractivity contribution in [3.63, 3.8) is 0 Å². The molecule has 1 unspecified atom stereocenters. The van der Waals surface area contributed by atoms with Crippen LogP contribution in [0.2, 0.25) is 0 Å². The Morgan fingerprint density at radius 1 is 1.42 bits per heavy atom. The van der Waals surface area contributed by atoms with E-state index in [-0.39, 0.29) is 31.1 Å². The molecule has 1 heterocycles. The van der Waals surface area contributed by atoms with Gasteiger partial charge in [0, 0.05) is 11.0 Å². The van der Waals surface area contributed by atoms with E-state index >= 15 is 0 Å². The van der Waals surface area contributed by atoms with Crippen molar-refractivity contribution in [2.75, 3.05) is 26.2 Å². The fourth-order valence-electron chi connectivity index (χ4n) is 2.37. The van der Waals surface area contributed by atoms with Crippen molar-refractivity contribution < 1.29 is 9.59 Å². The van der Waals surface area contributed by atoms with Gasteiger partial charge in [0.15, 0.2) is 5.96 Å². The first-order valence-corrected chi connectivity index (χ1v) is 8.69. The predicted octanol–water partition coefficient (Wildman–Crippen LogP) is 1.62. The normalized spacial score (nSPS) is 16.1. The minimum absolute atomic E-state index is 0.0510. The van der Waals surface area contributed by atoms with Crippen molar-refractivity contribution in [2.45, 2.75) is 19.9 Å². The molecule has 7 nitrogen and oxygen atoms in total. The molecule has 1 aromatic carbocycles. The maximum atomic E-state index is 11.5. The number of nitrogens with one attached hydrogen (secondary N) is 3. The zero-order valence-electron chi connectivity index (χ0n) is 13.8. The molecule has 0 aromatic heterocycles. The third-order valence-corrected chi connectivity index (χ3v) is 4.32. The quantitative estimate of drug-likeness (QED) is 0.388. The third kappa shape index (κ3) is 4.70. The van der Waals surface area contributed by atoms with E-state index in [4.69, 9.17) is 0 Å². The van der Waals surface area contributed by atoms with Crippen LogP contribution in [0.25, 0.3) is 0 Å². The Kier molecular flexibility index (Phi) is 6.60. The Labute approximate surface area is 150 Å². The van der Waals surface area contributed by atoms with Crippen LogP contribution < -0.4 is 16.0 Å². The first kappa shape index (κ1) is 18.3. The Balaban J connectivity index is 1.96. The summed E-state index contributed by atoms with van der Waals surface area (Å²) in [7, 11) is 0. The van der Waals surface area contributed by atoms with Crippen LogP contribution in [0.3, 0.4) is 0 Å². The summed E-state index contributed by atoms with van der Waals surface area (Å²) in [6.07, 6.45) is 0. The van der Waals surface area contributed by atoms with Crippen molar-refractivity contribution in [1.29, 1.82) is 0 Å². The van der Waals surface area contributed by atoms with Crippen LogP contribution in [-0.4, -0.2) is 49.0 Å². The fourth-order valence-corrected chi connectivity index (χ4v) is 3.00. The number of urea groups is 1. The lowest BCUT2D eigenvalue weighted by molar-refractivity contribution is -0.124. The van der Waals surface area contributed by atoms with Crippen LogP contribution >= 0.6 is 15.9 Å². The van der Waals surface area contributed by atoms with Gasteiger partial charge in [0.25, 0.3) is 0 Å². The number of hydrogen-bond donors (Lipinski definition) is 3. The molecule has 8 heteroatoms. The average molecular weight is 396 g/mol. The molecule has 130 valence electrons. The molecule has 1 aliphatic heterocycles. The molecule has 0 aliphatic carbocycles. The van der Waals surface area contributed by atoms with Crippen LogP contribution in [0.15, 0.2) is 33.7 Å². The van der Waals surface area contributed by atoms with Gasteiger partial charge in [0.2, 0.25) is 5.91 Å². The molecule has 3 amide bonds. The molecule has 0 radical (unpaired) electrons. The number of rotatable bonds is 6. The first-order valence-electron chi connectivity index (χ1n) is 7.90. The van der Waals surface area contributed by atoms with Gasteiger partial charge in [-0.2, -0.15) is 0 Å². The molecule has 0 spiro atoms. The molecule has 1 aliphatic rings. The lowest BCUT2D eigenvalue weighted by Gasteiger charge is -2.19. The van der Waals surface area contributed by atoms with Gasteiger partial charge >= 0.3 is 6.03 Å². The van der Waals surface area contributed by atoms with Crippen molar-refractivity contribution >= 4 is 33.8 Å². The standard InChI is InChI=1S/C16H22BrN5O2/c1-3-18-15(19-8-9-22-14(23)10-20-16(22)24)21-11(2)12-6-4-5-7-13(12)17/h4-7,11H,3,8-10H2,1-2H3,(H,20,24)(H2,18,19,21). The van der Waals surface area contributed by atoms with Gasteiger partial charge < -0.3 is 16.0 Å². The minimum atomic E-state index is -0.352. The van der Waals surface area contributed by atoms with E-state index in [2.05, 4.69) is 36.9 Å². The highest BCUT2D eigenvalue weighted by Crippen LogP contribution is 2.22. The summed E-state index contributed by atoms with van der Waals surface area (Å²) < 4.78 is 1.03. The summed E-state index contributed by atoms with van der Waals surface area (Å²) in [5.41, 5.74) is 1.12. The van der Waals surface area contributed by atoms with E-state index in [0.29, 0.717) is 12.5 Å². The maximum Gasteiger partial charge on any atom is 0.324 e. The monoisotopic (exact) mass is 395 g/mol. The SMILES string of the molecule is CCNC(=NCCN1C(=O)CNC1=O)NC(C)c1ccccc1Br. The summed E-state index contributed by atoms with van der Waals surface area (Å²) in [4.78, 5) is 28.7. The highest BCUT2D eigenvalue weighted by Gasteiger charge is 2.27. The van der Waals surface area contributed by atoms with Crippen molar-refractivity contribution in [2.24, 2.45) is 4.99 Å². The molecule has 1 aromatic rings. The Morgan fingerprint density at radius 2 is 2.17 bits per heavy atom. The Hall–Kier alpha value is -2.09. The zero-order valence-corrected chi connectivity index (χ0v) is 15.4. The summed E-state index contributed by atoms with van der Waals surface area (Å²) in [5.74, 6) is 0.433. The highest BCUT2D eigenvalue weighted by atomic mass is 79.9. The van der Waals surface area contributed by atoms with E-state index in [1.54, 1.807) is 0 Å². The predicted molar refractivity (Wildman–Crippen MR) is 96.8 cm³/mol. The van der Waals surface area contributed by atoms with Crippen LogP contribution in [0.1, 0.15) is 25.5 Å².